The molecule has 1 atom stereocenters. The van der Waals surface area contributed by atoms with Crippen LogP contribution in [0, 0.1) is 0 Å². The Morgan fingerprint density at radius 2 is 1.85 bits per heavy atom. The molecule has 7 heteroatoms. The molecule has 0 radical (unpaired) electrons. The number of benzene rings is 1. The molecule has 1 fully saturated rings. The van der Waals surface area contributed by atoms with Crippen LogP contribution in [0.25, 0.3) is 0 Å². The monoisotopic (exact) mass is 364 g/mol. The molecule has 1 aromatic carbocycles. The molecule has 1 heterocycles. The molecule has 26 heavy (non-hydrogen) atoms. The Balaban J connectivity index is 1.97. The average molecular weight is 364 g/mol. The summed E-state index contributed by atoms with van der Waals surface area (Å²) < 4.78 is 10.8. The summed E-state index contributed by atoms with van der Waals surface area (Å²) in [5, 5.41) is 9.72. The summed E-state index contributed by atoms with van der Waals surface area (Å²) in [6.07, 6.45) is -0.328. The number of aliphatic hydroxyl groups is 1. The Labute approximate surface area is 154 Å². The van der Waals surface area contributed by atoms with E-state index in [2.05, 4.69) is 0 Å². The predicted molar refractivity (Wildman–Crippen MR) is 96.6 cm³/mol. The molecule has 2 amide bonds. The molecule has 144 valence electrons. The standard InChI is InChI=1S/C19H28N2O5/c1-19(2,3)26-17(23)20-10-7-11-21(16(12-20)13-22)18(24)25-14-15-8-5-4-6-9-15/h4-6,8-9,16,22H,7,10-14H2,1-3H3/t16-/m1/s1. The van der Waals surface area contributed by atoms with Crippen LogP contribution in [-0.4, -0.2) is 65.0 Å². The van der Waals surface area contributed by atoms with Gasteiger partial charge in [-0.05, 0) is 32.8 Å². The summed E-state index contributed by atoms with van der Waals surface area (Å²) in [6, 6.07) is 8.89. The van der Waals surface area contributed by atoms with Gasteiger partial charge in [0.1, 0.15) is 12.2 Å². The van der Waals surface area contributed by atoms with Gasteiger partial charge >= 0.3 is 12.2 Å². The predicted octanol–water partition coefficient (Wildman–Crippen LogP) is 2.63. The van der Waals surface area contributed by atoms with Gasteiger partial charge in [-0.25, -0.2) is 9.59 Å². The molecule has 0 spiro atoms. The molecule has 7 nitrogen and oxygen atoms in total. The third-order valence-corrected chi connectivity index (χ3v) is 4.00. The molecule has 0 saturated carbocycles. The minimum Gasteiger partial charge on any atom is -0.445 e. The molecule has 2 rings (SSSR count). The lowest BCUT2D eigenvalue weighted by Crippen LogP contribution is -2.48. The summed E-state index contributed by atoms with van der Waals surface area (Å²) in [4.78, 5) is 27.8. The first kappa shape index (κ1) is 20.0. The van der Waals surface area contributed by atoms with Crippen LogP contribution in [0.5, 0.6) is 0 Å². The highest BCUT2D eigenvalue weighted by Crippen LogP contribution is 2.16. The van der Waals surface area contributed by atoms with Crippen LogP contribution < -0.4 is 0 Å². The number of aliphatic hydroxyl groups excluding tert-OH is 1. The van der Waals surface area contributed by atoms with Crippen molar-refractivity contribution in [2.45, 2.75) is 45.4 Å². The van der Waals surface area contributed by atoms with Gasteiger partial charge in [-0.2, -0.15) is 0 Å². The maximum atomic E-state index is 12.5. The largest absolute Gasteiger partial charge is 0.445 e. The first-order chi connectivity index (χ1) is 12.3. The van der Waals surface area contributed by atoms with E-state index in [1.54, 1.807) is 20.8 Å². The maximum Gasteiger partial charge on any atom is 0.410 e. The average Bonchev–Trinajstić information content (AvgIpc) is 2.81. The topological polar surface area (TPSA) is 79.3 Å². The third-order valence-electron chi connectivity index (χ3n) is 4.00. The van der Waals surface area contributed by atoms with Crippen LogP contribution in [0.4, 0.5) is 9.59 Å². The Hall–Kier alpha value is -2.28. The van der Waals surface area contributed by atoms with Gasteiger partial charge in [-0.15, -0.1) is 0 Å². The summed E-state index contributed by atoms with van der Waals surface area (Å²) in [5.41, 5.74) is 0.304. The first-order valence-electron chi connectivity index (χ1n) is 8.86. The molecule has 0 aliphatic carbocycles. The van der Waals surface area contributed by atoms with E-state index in [9.17, 15) is 14.7 Å². The second-order valence-electron chi connectivity index (χ2n) is 7.35. The first-order valence-corrected chi connectivity index (χ1v) is 8.86. The molecule has 1 aliphatic rings. The minimum absolute atomic E-state index is 0.171. The van der Waals surface area contributed by atoms with Crippen molar-refractivity contribution in [1.82, 2.24) is 9.80 Å². The van der Waals surface area contributed by atoms with Gasteiger partial charge in [-0.3, -0.25) is 0 Å². The van der Waals surface area contributed by atoms with Gasteiger partial charge in [0.25, 0.3) is 0 Å². The molecule has 0 aromatic heterocycles. The van der Waals surface area contributed by atoms with E-state index in [-0.39, 0.29) is 19.8 Å². The quantitative estimate of drug-likeness (QED) is 0.892. The van der Waals surface area contributed by atoms with Gasteiger partial charge in [0.2, 0.25) is 0 Å². The van der Waals surface area contributed by atoms with E-state index in [1.807, 2.05) is 30.3 Å². The number of rotatable bonds is 3. The normalized spacial score (nSPS) is 18.2. The van der Waals surface area contributed by atoms with E-state index in [4.69, 9.17) is 9.47 Å². The Bertz CT molecular complexity index is 600. The molecule has 1 saturated heterocycles. The highest BCUT2D eigenvalue weighted by molar-refractivity contribution is 5.70. The molecular formula is C19H28N2O5. The zero-order valence-electron chi connectivity index (χ0n) is 15.7. The van der Waals surface area contributed by atoms with E-state index < -0.39 is 23.8 Å². The van der Waals surface area contributed by atoms with Crippen LogP contribution in [0.1, 0.15) is 32.8 Å². The number of amides is 2. The summed E-state index contributed by atoms with van der Waals surface area (Å²) >= 11 is 0. The fourth-order valence-electron chi connectivity index (χ4n) is 2.75. The number of carbonyl (C=O) groups excluding carboxylic acids is 2. The summed E-state index contributed by atoms with van der Waals surface area (Å²) in [7, 11) is 0. The van der Waals surface area contributed by atoms with Gasteiger partial charge in [-0.1, -0.05) is 30.3 Å². The van der Waals surface area contributed by atoms with Crippen molar-refractivity contribution in [2.75, 3.05) is 26.2 Å². The number of hydrogen-bond donors (Lipinski definition) is 1. The highest BCUT2D eigenvalue weighted by atomic mass is 16.6. The number of nitrogens with zero attached hydrogens (tertiary/aromatic N) is 2. The lowest BCUT2D eigenvalue weighted by Gasteiger charge is -2.30. The molecule has 0 bridgehead atoms. The van der Waals surface area contributed by atoms with Gasteiger partial charge in [0.05, 0.1) is 12.6 Å². The van der Waals surface area contributed by atoms with E-state index >= 15 is 0 Å². The van der Waals surface area contributed by atoms with Crippen LogP contribution in [0.15, 0.2) is 30.3 Å². The fraction of sp³-hybridized carbons (Fsp3) is 0.579. The maximum absolute atomic E-state index is 12.5. The van der Waals surface area contributed by atoms with Crippen LogP contribution >= 0.6 is 0 Å². The molecule has 1 aliphatic heterocycles. The van der Waals surface area contributed by atoms with Crippen molar-refractivity contribution in [3.63, 3.8) is 0 Å². The lowest BCUT2D eigenvalue weighted by atomic mass is 10.2. The van der Waals surface area contributed by atoms with Crippen molar-refractivity contribution in [1.29, 1.82) is 0 Å². The Kier molecular flexibility index (Phi) is 6.85. The lowest BCUT2D eigenvalue weighted by molar-refractivity contribution is 0.0193. The SMILES string of the molecule is CC(C)(C)OC(=O)N1CCCN(C(=O)OCc2ccccc2)[C@@H](CO)C1. The minimum atomic E-state index is -0.591. The molecule has 1 N–H and O–H groups in total. The number of hydrogen-bond acceptors (Lipinski definition) is 5. The Morgan fingerprint density at radius 3 is 2.46 bits per heavy atom. The Morgan fingerprint density at radius 1 is 1.15 bits per heavy atom. The zero-order valence-corrected chi connectivity index (χ0v) is 15.7. The summed E-state index contributed by atoms with van der Waals surface area (Å²) in [6.45, 7) is 6.43. The van der Waals surface area contributed by atoms with Gasteiger partial charge in [0.15, 0.2) is 0 Å². The second-order valence-corrected chi connectivity index (χ2v) is 7.35. The van der Waals surface area contributed by atoms with E-state index in [0.29, 0.717) is 19.5 Å². The van der Waals surface area contributed by atoms with Crippen LogP contribution in [-0.2, 0) is 16.1 Å². The van der Waals surface area contributed by atoms with Crippen molar-refractivity contribution >= 4 is 12.2 Å². The molecule has 0 unspecified atom stereocenters. The van der Waals surface area contributed by atoms with Crippen molar-refractivity contribution in [3.05, 3.63) is 35.9 Å². The van der Waals surface area contributed by atoms with Gasteiger partial charge < -0.3 is 24.4 Å². The zero-order chi connectivity index (χ0) is 19.2. The van der Waals surface area contributed by atoms with Crippen molar-refractivity contribution < 1.29 is 24.2 Å². The summed E-state index contributed by atoms with van der Waals surface area (Å²) in [5.74, 6) is 0. The van der Waals surface area contributed by atoms with Crippen LogP contribution in [0.3, 0.4) is 0 Å². The van der Waals surface area contributed by atoms with Crippen molar-refractivity contribution in [2.24, 2.45) is 0 Å². The van der Waals surface area contributed by atoms with Gasteiger partial charge in [0, 0.05) is 19.6 Å². The second kappa shape index (κ2) is 8.89. The molecule has 1 aromatic rings. The van der Waals surface area contributed by atoms with Crippen LogP contribution in [0.2, 0.25) is 0 Å². The molecular weight excluding hydrogens is 336 g/mol. The van der Waals surface area contributed by atoms with Crippen molar-refractivity contribution in [3.8, 4) is 0 Å². The van der Waals surface area contributed by atoms with E-state index in [1.165, 1.54) is 9.80 Å². The fourth-order valence-corrected chi connectivity index (χ4v) is 2.75. The number of carbonyl (C=O) groups is 2. The van der Waals surface area contributed by atoms with E-state index in [0.717, 1.165) is 5.56 Å². The third kappa shape index (κ3) is 5.91. The highest BCUT2D eigenvalue weighted by Gasteiger charge is 2.32. The smallest absolute Gasteiger partial charge is 0.410 e. The number of ether oxygens (including phenoxy) is 2.